The third-order valence-corrected chi connectivity index (χ3v) is 3.86. The van der Waals surface area contributed by atoms with Gasteiger partial charge in [-0.1, -0.05) is 12.7 Å². The van der Waals surface area contributed by atoms with E-state index in [9.17, 15) is 4.79 Å². The van der Waals surface area contributed by atoms with Crippen molar-refractivity contribution in [1.29, 1.82) is 0 Å². The number of hydrogen-bond donors (Lipinski definition) is 1. The molecule has 108 valence electrons. The Bertz CT molecular complexity index is 876. The van der Waals surface area contributed by atoms with E-state index in [1.807, 2.05) is 5.38 Å². The molecule has 0 saturated heterocycles. The first-order valence-corrected chi connectivity index (χ1v) is 6.88. The third kappa shape index (κ3) is 2.38. The van der Waals surface area contributed by atoms with E-state index in [-0.39, 0.29) is 12.3 Å². The molecule has 3 aromatic heterocycles. The minimum absolute atomic E-state index is 0.181. The number of hydrogen-bond acceptors (Lipinski definition) is 6. The molecule has 3 aromatic rings. The summed E-state index contributed by atoms with van der Waals surface area (Å²) < 4.78 is 15.2. The molecular weight excluding hydrogens is 292 g/mol. The van der Waals surface area contributed by atoms with Gasteiger partial charge >= 0.3 is 5.69 Å². The molecule has 0 unspecified atom stereocenters. The zero-order valence-electron chi connectivity index (χ0n) is 12.1. The summed E-state index contributed by atoms with van der Waals surface area (Å²) in [4.78, 5) is 12.0. The molecule has 0 aromatic carbocycles. The lowest BCUT2D eigenvalue weighted by atomic mass is 10.2. The van der Waals surface area contributed by atoms with Gasteiger partial charge in [-0.3, -0.25) is 5.09 Å². The molecule has 0 aliphatic rings. The summed E-state index contributed by atoms with van der Waals surface area (Å²) in [6.07, 6.45) is 3.15. The molecule has 0 radical (unpaired) electrons. The third-order valence-electron chi connectivity index (χ3n) is 2.84. The van der Waals surface area contributed by atoms with E-state index in [0.29, 0.717) is 10.9 Å². The number of H-pyrrole nitrogens is 1. The van der Waals surface area contributed by atoms with Crippen LogP contribution in [0.4, 0.5) is 0 Å². The fourth-order valence-corrected chi connectivity index (χ4v) is 2.77. The van der Waals surface area contributed by atoms with Crippen LogP contribution in [0.25, 0.3) is 11.1 Å². The molecule has 0 aliphatic carbocycles. The van der Waals surface area contributed by atoms with Gasteiger partial charge in [0.25, 0.3) is 0 Å². The van der Waals surface area contributed by atoms with Crippen molar-refractivity contribution in [3.63, 3.8) is 0 Å². The quantitative estimate of drug-likeness (QED) is 0.758. The van der Waals surface area contributed by atoms with Gasteiger partial charge in [0.1, 0.15) is 11.6 Å². The van der Waals surface area contributed by atoms with Crippen molar-refractivity contribution in [2.24, 2.45) is 7.05 Å². The van der Waals surface area contributed by atoms with Crippen molar-refractivity contribution in [2.45, 2.75) is 6.61 Å². The predicted molar refractivity (Wildman–Crippen MR) is 77.5 cm³/mol. The number of aromatic nitrogens is 6. The highest BCUT2D eigenvalue weighted by Gasteiger charge is 2.17. The van der Waals surface area contributed by atoms with Crippen molar-refractivity contribution >= 4 is 17.4 Å². The van der Waals surface area contributed by atoms with Gasteiger partial charge in [-0.25, -0.2) is 4.79 Å². The van der Waals surface area contributed by atoms with E-state index in [1.54, 1.807) is 12.1 Å². The molecule has 0 spiro atoms. The molecule has 21 heavy (non-hydrogen) atoms. The average Bonchev–Trinajstić information content (AvgIpc) is 3.18. The second kappa shape index (κ2) is 5.37. The summed E-state index contributed by atoms with van der Waals surface area (Å²) in [5, 5.41) is 14.8. The summed E-state index contributed by atoms with van der Waals surface area (Å²) in [6.45, 7) is 3.94. The van der Waals surface area contributed by atoms with Crippen molar-refractivity contribution in [3.05, 3.63) is 45.8 Å². The van der Waals surface area contributed by atoms with Crippen LogP contribution in [0.1, 0.15) is 11.1 Å². The van der Waals surface area contributed by atoms with Crippen LogP contribution >= 0.6 is 11.3 Å². The Morgan fingerprint density at radius 3 is 3.10 bits per heavy atom. The van der Waals surface area contributed by atoms with E-state index >= 15 is 0 Å². The van der Waals surface area contributed by atoms with Crippen LogP contribution in [0, 0.1) is 0 Å². The van der Waals surface area contributed by atoms with Crippen molar-refractivity contribution < 1.29 is 6.15 Å². The maximum atomic E-state index is 12.0. The van der Waals surface area contributed by atoms with Gasteiger partial charge in [0.15, 0.2) is 1.41 Å². The van der Waals surface area contributed by atoms with Crippen molar-refractivity contribution in [1.82, 2.24) is 30.0 Å². The maximum absolute atomic E-state index is 12.0. The Balaban J connectivity index is 1.95. The van der Waals surface area contributed by atoms with E-state index < -0.39 is 0 Å². The average molecular weight is 306 g/mol. The summed E-state index contributed by atoms with van der Waals surface area (Å²) in [6, 6.07) is 1.58. The smallest absolute Gasteiger partial charge is 0.368 e. The lowest BCUT2D eigenvalue weighted by Crippen LogP contribution is -2.22. The van der Waals surface area contributed by atoms with E-state index in [2.05, 4.69) is 22.1 Å². The molecule has 0 aliphatic heterocycles. The number of rotatable bonds is 5. The number of nitrogens with zero attached hydrogens (tertiary/aromatic N) is 5. The molecule has 3 rings (SSSR count). The molecule has 0 saturated carbocycles. The lowest BCUT2D eigenvalue weighted by Gasteiger charge is -2.05. The summed E-state index contributed by atoms with van der Waals surface area (Å²) in [5.74, 6) is 0.327. The van der Waals surface area contributed by atoms with Gasteiger partial charge in [-0.15, -0.1) is 21.1 Å². The zero-order chi connectivity index (χ0) is 15.7. The van der Waals surface area contributed by atoms with Crippen molar-refractivity contribution in [3.8, 4) is 10.9 Å². The number of ether oxygens (including phenoxy) is 1. The lowest BCUT2D eigenvalue weighted by molar-refractivity contribution is 0.293. The Labute approximate surface area is 124 Å². The van der Waals surface area contributed by atoms with Gasteiger partial charge in [0.2, 0.25) is 5.88 Å². The molecular formula is C12H12N6O2S. The van der Waals surface area contributed by atoms with E-state index in [4.69, 9.17) is 6.15 Å². The summed E-state index contributed by atoms with van der Waals surface area (Å²) in [5.41, 5.74) is 1.28. The van der Waals surface area contributed by atoms with E-state index in [1.165, 1.54) is 29.3 Å². The topological polar surface area (TPSA) is 90.6 Å². The first kappa shape index (κ1) is 12.1. The molecule has 8 nitrogen and oxygen atoms in total. The highest BCUT2D eigenvalue weighted by atomic mass is 32.1. The Morgan fingerprint density at radius 2 is 2.48 bits per heavy atom. The fourth-order valence-electron chi connectivity index (χ4n) is 1.76. The second-order valence-electron chi connectivity index (χ2n) is 4.13. The van der Waals surface area contributed by atoms with Crippen LogP contribution < -0.4 is 10.4 Å². The Morgan fingerprint density at radius 1 is 1.62 bits per heavy atom. The van der Waals surface area contributed by atoms with Crippen LogP contribution in [0.2, 0.25) is 1.41 Å². The van der Waals surface area contributed by atoms with Crippen LogP contribution in [0.5, 0.6) is 5.88 Å². The van der Waals surface area contributed by atoms with Crippen LogP contribution in [-0.4, -0.2) is 30.0 Å². The van der Waals surface area contributed by atoms with Gasteiger partial charge in [0, 0.05) is 30.3 Å². The van der Waals surface area contributed by atoms with Crippen LogP contribution in [0.15, 0.2) is 29.0 Å². The molecule has 9 heteroatoms. The summed E-state index contributed by atoms with van der Waals surface area (Å²) >= 11 is 1.35. The fraction of sp³-hybridized carbons (Fsp3) is 0.167. The number of aryl methyl sites for hydroxylation is 1. The zero-order valence-corrected chi connectivity index (χ0v) is 11.9. The predicted octanol–water partition coefficient (Wildman–Crippen LogP) is 0.973. The highest BCUT2D eigenvalue weighted by Crippen LogP contribution is 2.27. The number of tetrazole rings is 1. The molecule has 0 atom stereocenters. The van der Waals surface area contributed by atoms with Crippen molar-refractivity contribution in [2.75, 3.05) is 0 Å². The van der Waals surface area contributed by atoms with Crippen LogP contribution in [-0.2, 0) is 13.7 Å². The van der Waals surface area contributed by atoms with Gasteiger partial charge in [0.05, 0.1) is 0 Å². The second-order valence-corrected chi connectivity index (χ2v) is 4.99. The first-order valence-electron chi connectivity index (χ1n) is 6.44. The largest absolute Gasteiger partial charge is 0.472 e. The SMILES string of the molecule is [3H]n1ccc(OCc2c(C=C)csc2-n2nnn(C)c2=O)n1. The standard InChI is InChI=1S/C12H12N6O2S/c1-3-8-7-21-11(18-12(19)17(2)15-16-18)9(8)6-20-10-4-5-13-14-10/h3-5,7H,1,6H2,2H3,(H,13,14)/i/hT. The maximum Gasteiger partial charge on any atom is 0.368 e. The van der Waals surface area contributed by atoms with Gasteiger partial charge in [-0.2, -0.15) is 4.68 Å². The van der Waals surface area contributed by atoms with E-state index in [0.717, 1.165) is 20.9 Å². The molecule has 3 heterocycles. The number of nitrogens with one attached hydrogen (secondary N) is 1. The first-order chi connectivity index (χ1) is 10.6. The normalized spacial score (nSPS) is 11.4. The Kier molecular flexibility index (Phi) is 3.09. The summed E-state index contributed by atoms with van der Waals surface area (Å²) in [7, 11) is 1.53. The molecule has 0 bridgehead atoms. The highest BCUT2D eigenvalue weighted by molar-refractivity contribution is 7.13. The van der Waals surface area contributed by atoms with Gasteiger partial charge in [-0.05, 0) is 16.0 Å². The molecule has 0 fully saturated rings. The number of thiophene rings is 1. The van der Waals surface area contributed by atoms with Gasteiger partial charge < -0.3 is 4.74 Å². The molecule has 0 amide bonds. The minimum Gasteiger partial charge on any atom is -0.472 e. The molecule has 1 N–H and O–H groups in total. The Hall–Kier alpha value is -2.68. The monoisotopic (exact) mass is 306 g/mol. The van der Waals surface area contributed by atoms with Crippen LogP contribution in [0.3, 0.4) is 0 Å². The number of aromatic amines is 1. The minimum atomic E-state index is -0.339.